The van der Waals surface area contributed by atoms with Gasteiger partial charge in [-0.15, -0.1) is 0 Å². The summed E-state index contributed by atoms with van der Waals surface area (Å²) in [6, 6.07) is 7.68. The largest absolute Gasteiger partial charge is 0.490 e. The van der Waals surface area contributed by atoms with Crippen LogP contribution in [0.3, 0.4) is 0 Å². The molecule has 3 heterocycles. The predicted molar refractivity (Wildman–Crippen MR) is 151 cm³/mol. The molecule has 1 aliphatic heterocycles. The Morgan fingerprint density at radius 2 is 1.53 bits per heavy atom. The molecule has 1 aromatic carbocycles. The molecule has 0 atom stereocenters. The Kier molecular flexibility index (Phi) is 11.3. The van der Waals surface area contributed by atoms with Crippen LogP contribution in [0, 0.1) is 12.8 Å². The number of piperidine rings is 1. The summed E-state index contributed by atoms with van der Waals surface area (Å²) in [5.41, 5.74) is 4.79. The van der Waals surface area contributed by atoms with Crippen molar-refractivity contribution >= 4 is 46.3 Å². The average molecular weight is 666 g/mol. The zero-order chi connectivity index (χ0) is 33.7. The van der Waals surface area contributed by atoms with Gasteiger partial charge in [-0.1, -0.05) is 11.6 Å². The molecule has 3 aromatic rings. The van der Waals surface area contributed by atoms with E-state index in [1.165, 1.54) is 12.8 Å². The molecule has 10 nitrogen and oxygen atoms in total. The molecule has 2 aliphatic rings. The fourth-order valence-corrected chi connectivity index (χ4v) is 4.50. The number of carboxylic acids is 2. The van der Waals surface area contributed by atoms with Gasteiger partial charge in [-0.25, -0.2) is 19.6 Å². The van der Waals surface area contributed by atoms with Crippen LogP contribution in [-0.2, 0) is 16.6 Å². The van der Waals surface area contributed by atoms with Gasteiger partial charge in [0.15, 0.2) is 5.82 Å². The van der Waals surface area contributed by atoms with E-state index < -0.39 is 24.3 Å². The number of carboxylic acid groups (broad SMARTS) is 2. The summed E-state index contributed by atoms with van der Waals surface area (Å²) in [7, 11) is 2.03. The van der Waals surface area contributed by atoms with Crippen LogP contribution in [0.5, 0.6) is 0 Å². The zero-order valence-corrected chi connectivity index (χ0v) is 24.8. The van der Waals surface area contributed by atoms with Gasteiger partial charge in [0.25, 0.3) is 5.91 Å². The third-order valence-electron chi connectivity index (χ3n) is 7.08. The van der Waals surface area contributed by atoms with Crippen molar-refractivity contribution in [1.82, 2.24) is 19.4 Å². The lowest BCUT2D eigenvalue weighted by molar-refractivity contribution is -0.193. The third-order valence-corrected chi connectivity index (χ3v) is 7.50. The molecular formula is C28H30ClF6N5O5. The summed E-state index contributed by atoms with van der Waals surface area (Å²) < 4.78 is 65.5. The van der Waals surface area contributed by atoms with Gasteiger partial charge < -0.3 is 25.0 Å². The maximum atomic E-state index is 12.9. The van der Waals surface area contributed by atoms with Gasteiger partial charge in [0.1, 0.15) is 5.52 Å². The minimum Gasteiger partial charge on any atom is -0.475 e. The highest BCUT2D eigenvalue weighted by Gasteiger charge is 2.39. The lowest BCUT2D eigenvalue weighted by Gasteiger charge is -2.32. The van der Waals surface area contributed by atoms with E-state index >= 15 is 0 Å². The molecule has 1 saturated carbocycles. The summed E-state index contributed by atoms with van der Waals surface area (Å²) in [4.78, 5) is 42.2. The number of halogens is 7. The summed E-state index contributed by atoms with van der Waals surface area (Å²) in [6.07, 6.45) is -3.88. The number of carbonyl (C=O) groups is 3. The van der Waals surface area contributed by atoms with Crippen LogP contribution in [0.25, 0.3) is 11.0 Å². The van der Waals surface area contributed by atoms with E-state index in [1.54, 1.807) is 6.07 Å². The topological polar surface area (TPSA) is 138 Å². The molecule has 2 aromatic heterocycles. The zero-order valence-electron chi connectivity index (χ0n) is 24.0. The molecule has 1 saturated heterocycles. The molecule has 3 N–H and O–H groups in total. The standard InChI is InChI=1S/C24H28ClN5O.2C2HF3O2/c1-15-11-18(5-6-19(15)25)24(31)30-9-7-17(8-10-30)20-12-21-22(27-14-29(21)2)23(28-20)26-13-16-3-4-16;2*3-2(4,5)1(6)7/h5-6,11-12,14,16-17H,3-4,7-10,13H2,1-2H3,(H,26,28);2*(H,6,7). The number of hydrogen-bond donors (Lipinski definition) is 3. The van der Waals surface area contributed by atoms with Gasteiger partial charge in [-0.3, -0.25) is 4.79 Å². The van der Waals surface area contributed by atoms with Gasteiger partial charge in [0, 0.05) is 48.9 Å². The molecule has 2 fully saturated rings. The quantitative estimate of drug-likeness (QED) is 0.281. The minimum absolute atomic E-state index is 0.0834. The van der Waals surface area contributed by atoms with Crippen LogP contribution >= 0.6 is 11.6 Å². The number of nitrogens with one attached hydrogen (secondary N) is 1. The Morgan fingerprint density at radius 1 is 0.978 bits per heavy atom. The average Bonchev–Trinajstić information content (AvgIpc) is 3.73. The molecule has 45 heavy (non-hydrogen) atoms. The smallest absolute Gasteiger partial charge is 0.475 e. The number of likely N-dealkylation sites (tertiary alicyclic amines) is 1. The number of nitrogens with zero attached hydrogens (tertiary/aromatic N) is 4. The molecule has 0 spiro atoms. The number of carbonyl (C=O) groups excluding carboxylic acids is 1. The number of alkyl halides is 6. The fraction of sp³-hybridized carbons (Fsp3) is 0.464. The van der Waals surface area contributed by atoms with Crippen molar-refractivity contribution in [2.24, 2.45) is 13.0 Å². The number of anilines is 1. The van der Waals surface area contributed by atoms with Gasteiger partial charge in [0.2, 0.25) is 0 Å². The number of hydrogen-bond acceptors (Lipinski definition) is 6. The summed E-state index contributed by atoms with van der Waals surface area (Å²) >= 11 is 6.12. The molecule has 1 amide bonds. The fourth-order valence-electron chi connectivity index (χ4n) is 4.38. The highest BCUT2D eigenvalue weighted by Crippen LogP contribution is 2.33. The Balaban J connectivity index is 0.000000331. The van der Waals surface area contributed by atoms with E-state index in [0.29, 0.717) is 16.5 Å². The van der Waals surface area contributed by atoms with Gasteiger partial charge in [-0.2, -0.15) is 26.3 Å². The number of pyridine rings is 1. The highest BCUT2D eigenvalue weighted by molar-refractivity contribution is 6.31. The number of fused-ring (bicyclic) bond motifs is 1. The Morgan fingerprint density at radius 3 is 2.02 bits per heavy atom. The number of aryl methyl sites for hydroxylation is 2. The van der Waals surface area contributed by atoms with Crippen LogP contribution in [-0.4, -0.2) is 79.5 Å². The second-order valence-electron chi connectivity index (χ2n) is 10.6. The molecule has 0 unspecified atom stereocenters. The van der Waals surface area contributed by atoms with E-state index in [0.717, 1.165) is 66.5 Å². The number of aliphatic carboxylic acids is 2. The second-order valence-corrected chi connectivity index (χ2v) is 11.0. The molecule has 246 valence electrons. The van der Waals surface area contributed by atoms with E-state index in [9.17, 15) is 31.1 Å². The minimum atomic E-state index is -5.08. The van der Waals surface area contributed by atoms with E-state index in [1.807, 2.05) is 37.3 Å². The van der Waals surface area contributed by atoms with Crippen LogP contribution in [0.2, 0.25) is 5.02 Å². The number of amides is 1. The normalized spacial score (nSPS) is 15.4. The Bertz CT molecular complexity index is 1510. The van der Waals surface area contributed by atoms with Crippen LogP contribution in [0.15, 0.2) is 30.6 Å². The molecule has 0 bridgehead atoms. The van der Waals surface area contributed by atoms with Crippen molar-refractivity contribution in [3.63, 3.8) is 0 Å². The molecule has 17 heteroatoms. The van der Waals surface area contributed by atoms with Crippen molar-refractivity contribution in [1.29, 1.82) is 0 Å². The maximum absolute atomic E-state index is 12.9. The van der Waals surface area contributed by atoms with Crippen LogP contribution in [0.4, 0.5) is 32.2 Å². The van der Waals surface area contributed by atoms with E-state index in [4.69, 9.17) is 36.4 Å². The van der Waals surface area contributed by atoms with Crippen molar-refractivity contribution in [2.75, 3.05) is 25.0 Å². The van der Waals surface area contributed by atoms with Gasteiger partial charge >= 0.3 is 24.3 Å². The summed E-state index contributed by atoms with van der Waals surface area (Å²) in [5.74, 6) is -3.41. The third kappa shape index (κ3) is 9.96. The van der Waals surface area contributed by atoms with Gasteiger partial charge in [-0.05, 0) is 68.4 Å². The highest BCUT2D eigenvalue weighted by atomic mass is 35.5. The first kappa shape index (κ1) is 35.4. The number of benzene rings is 1. The maximum Gasteiger partial charge on any atom is 0.490 e. The molecule has 5 rings (SSSR count). The number of aromatic nitrogens is 3. The number of imidazole rings is 1. The van der Waals surface area contributed by atoms with Crippen molar-refractivity contribution in [3.05, 3.63) is 52.4 Å². The Labute approximate surface area is 258 Å². The summed E-state index contributed by atoms with van der Waals surface area (Å²) in [5, 5.41) is 18.5. The second kappa shape index (κ2) is 14.3. The first-order chi connectivity index (χ1) is 20.9. The SMILES string of the molecule is Cc1cc(C(=O)N2CCC(c3cc4c(ncn4C)c(NCC4CC4)n3)CC2)ccc1Cl.O=C(O)C(F)(F)F.O=C(O)C(F)(F)F. The molecule has 1 aliphatic carbocycles. The van der Waals surface area contributed by atoms with Crippen molar-refractivity contribution in [2.45, 2.75) is 50.9 Å². The van der Waals surface area contributed by atoms with Crippen molar-refractivity contribution in [3.8, 4) is 0 Å². The predicted octanol–water partition coefficient (Wildman–Crippen LogP) is 6.04. The van der Waals surface area contributed by atoms with E-state index in [-0.39, 0.29) is 5.91 Å². The molecule has 0 radical (unpaired) electrons. The number of rotatable bonds is 5. The molecular weight excluding hydrogens is 636 g/mol. The van der Waals surface area contributed by atoms with Crippen molar-refractivity contribution < 1.29 is 50.9 Å². The first-order valence-corrected chi connectivity index (χ1v) is 14.0. The first-order valence-electron chi connectivity index (χ1n) is 13.6. The van der Waals surface area contributed by atoms with Crippen LogP contribution in [0.1, 0.15) is 53.2 Å². The lowest BCUT2D eigenvalue weighted by atomic mass is 9.92. The summed E-state index contributed by atoms with van der Waals surface area (Å²) in [6.45, 7) is 4.37. The monoisotopic (exact) mass is 665 g/mol. The van der Waals surface area contributed by atoms with E-state index in [2.05, 4.69) is 20.9 Å². The lowest BCUT2D eigenvalue weighted by Crippen LogP contribution is -2.38. The Hall–Kier alpha value is -4.08. The van der Waals surface area contributed by atoms with Crippen LogP contribution < -0.4 is 5.32 Å². The van der Waals surface area contributed by atoms with Gasteiger partial charge in [0.05, 0.1) is 11.8 Å².